The monoisotopic (exact) mass is 350 g/mol. The zero-order chi connectivity index (χ0) is 14.8. The van der Waals surface area contributed by atoms with Crippen LogP contribution in [0.1, 0.15) is 50.6 Å². The van der Waals surface area contributed by atoms with E-state index >= 15 is 0 Å². The molecule has 1 aromatic carbocycles. The molecule has 0 aromatic heterocycles. The lowest BCUT2D eigenvalue weighted by molar-refractivity contribution is -0.123. The zero-order valence-electron chi connectivity index (χ0n) is 12.4. The number of carbonyl (C=O) groups is 1. The van der Waals surface area contributed by atoms with Crippen molar-refractivity contribution in [3.05, 3.63) is 34.3 Å². The van der Waals surface area contributed by atoms with Gasteiger partial charge in [0, 0.05) is 10.5 Å². The van der Waals surface area contributed by atoms with Crippen LogP contribution in [0.2, 0.25) is 0 Å². The van der Waals surface area contributed by atoms with E-state index in [2.05, 4.69) is 38.7 Å². The molecule has 4 atom stereocenters. The minimum absolute atomic E-state index is 0.00676. The van der Waals surface area contributed by atoms with Crippen LogP contribution in [-0.4, -0.2) is 18.0 Å². The van der Waals surface area contributed by atoms with Crippen molar-refractivity contribution in [1.29, 1.82) is 0 Å². The average Bonchev–Trinajstić information content (AvgIpc) is 2.91. The smallest absolute Gasteiger partial charge is 0.237 e. The van der Waals surface area contributed by atoms with Crippen molar-refractivity contribution in [2.24, 2.45) is 5.92 Å². The van der Waals surface area contributed by atoms with E-state index < -0.39 is 0 Å². The van der Waals surface area contributed by atoms with Crippen LogP contribution in [0.15, 0.2) is 28.7 Å². The van der Waals surface area contributed by atoms with E-state index in [0.717, 1.165) is 16.5 Å². The maximum Gasteiger partial charge on any atom is 0.237 e. The molecule has 21 heavy (non-hydrogen) atoms. The molecule has 2 aliphatic rings. The number of amides is 1. The molecule has 0 radical (unpaired) electrons. The van der Waals surface area contributed by atoms with Crippen LogP contribution in [0.3, 0.4) is 0 Å². The molecule has 0 spiro atoms. The molecule has 2 fully saturated rings. The molecule has 3 unspecified atom stereocenters. The predicted octanol–water partition coefficient (Wildman–Crippen LogP) is 3.55. The Hall–Kier alpha value is -0.870. The third kappa shape index (κ3) is 3.49. The summed E-state index contributed by atoms with van der Waals surface area (Å²) in [5.74, 6) is 0.854. The molecule has 3 rings (SSSR count). The van der Waals surface area contributed by atoms with Crippen LogP contribution in [0.4, 0.5) is 0 Å². The van der Waals surface area contributed by atoms with Crippen LogP contribution in [0.25, 0.3) is 0 Å². The van der Waals surface area contributed by atoms with E-state index in [1.54, 1.807) is 0 Å². The van der Waals surface area contributed by atoms with Gasteiger partial charge in [0.1, 0.15) is 0 Å². The number of halogens is 1. The highest BCUT2D eigenvalue weighted by Gasteiger charge is 2.38. The number of rotatable bonds is 3. The van der Waals surface area contributed by atoms with Gasteiger partial charge in [-0.1, -0.05) is 40.9 Å². The number of hydrogen-bond acceptors (Lipinski definition) is 2. The second-order valence-corrected chi connectivity index (χ2v) is 7.31. The van der Waals surface area contributed by atoms with Crippen LogP contribution >= 0.6 is 15.9 Å². The molecule has 1 aliphatic heterocycles. The lowest BCUT2D eigenvalue weighted by atomic mass is 9.85. The Morgan fingerprint density at radius 3 is 2.95 bits per heavy atom. The van der Waals surface area contributed by atoms with Crippen molar-refractivity contribution in [3.8, 4) is 0 Å². The maximum absolute atomic E-state index is 12.5. The highest BCUT2D eigenvalue weighted by Crippen LogP contribution is 2.33. The normalized spacial score (nSPS) is 29.7. The van der Waals surface area contributed by atoms with Gasteiger partial charge in [0.15, 0.2) is 0 Å². The van der Waals surface area contributed by atoms with Gasteiger partial charge in [-0.2, -0.15) is 0 Å². The van der Waals surface area contributed by atoms with Crippen molar-refractivity contribution >= 4 is 21.8 Å². The first-order valence-electron chi connectivity index (χ1n) is 7.95. The van der Waals surface area contributed by atoms with Gasteiger partial charge in [-0.15, -0.1) is 0 Å². The Labute approximate surface area is 135 Å². The number of hydrogen-bond donors (Lipinski definition) is 2. The molecular formula is C17H23BrN2O. The molecule has 4 heteroatoms. The lowest BCUT2D eigenvalue weighted by Gasteiger charge is -2.24. The molecule has 1 saturated heterocycles. The lowest BCUT2D eigenvalue weighted by Crippen LogP contribution is -2.43. The molecule has 2 N–H and O–H groups in total. The second kappa shape index (κ2) is 6.49. The number of nitrogens with one attached hydrogen (secondary N) is 2. The summed E-state index contributed by atoms with van der Waals surface area (Å²) in [6.07, 6.45) is 6.14. The molecular weight excluding hydrogens is 328 g/mol. The van der Waals surface area contributed by atoms with Gasteiger partial charge < -0.3 is 10.6 Å². The summed E-state index contributed by atoms with van der Waals surface area (Å²) in [5.41, 5.74) is 1.13. The quantitative estimate of drug-likeness (QED) is 0.875. The highest BCUT2D eigenvalue weighted by molar-refractivity contribution is 9.10. The van der Waals surface area contributed by atoms with E-state index in [-0.39, 0.29) is 18.0 Å². The van der Waals surface area contributed by atoms with Crippen LogP contribution < -0.4 is 10.6 Å². The van der Waals surface area contributed by atoms with Gasteiger partial charge in [0.25, 0.3) is 0 Å². The Bertz CT molecular complexity index is 505. The van der Waals surface area contributed by atoms with Crippen molar-refractivity contribution in [3.63, 3.8) is 0 Å². The van der Waals surface area contributed by atoms with Gasteiger partial charge in [-0.05, 0) is 49.8 Å². The molecule has 3 nitrogen and oxygen atoms in total. The third-order valence-electron chi connectivity index (χ3n) is 4.89. The van der Waals surface area contributed by atoms with E-state index in [1.807, 2.05) is 19.1 Å². The predicted molar refractivity (Wildman–Crippen MR) is 88.0 cm³/mol. The second-order valence-electron chi connectivity index (χ2n) is 6.39. The summed E-state index contributed by atoms with van der Waals surface area (Å²) in [4.78, 5) is 12.5. The molecule has 1 aromatic rings. The SMILES string of the molecule is C[C@H](NC(=O)C1CC2CCCCC2N1)c1cccc(Br)c1. The minimum atomic E-state index is -0.00676. The standard InChI is InChI=1S/C17H23BrN2O/c1-11(12-6-4-7-14(18)9-12)19-17(21)16-10-13-5-2-3-8-15(13)20-16/h4,6-7,9,11,13,15-16,20H,2-3,5,8,10H2,1H3,(H,19,21)/t11-,13?,15?,16?/m0/s1. The van der Waals surface area contributed by atoms with Gasteiger partial charge in [0.2, 0.25) is 5.91 Å². The molecule has 1 amide bonds. The van der Waals surface area contributed by atoms with Gasteiger partial charge >= 0.3 is 0 Å². The van der Waals surface area contributed by atoms with E-state index in [1.165, 1.54) is 25.7 Å². The fraction of sp³-hybridized carbons (Fsp3) is 0.588. The van der Waals surface area contributed by atoms with Crippen molar-refractivity contribution in [2.75, 3.05) is 0 Å². The third-order valence-corrected chi connectivity index (χ3v) is 5.38. The molecule has 0 bridgehead atoms. The van der Waals surface area contributed by atoms with Gasteiger partial charge in [-0.3, -0.25) is 4.79 Å². The van der Waals surface area contributed by atoms with Crippen molar-refractivity contribution in [2.45, 2.75) is 57.2 Å². The average molecular weight is 351 g/mol. The number of benzene rings is 1. The Kier molecular flexibility index (Phi) is 4.65. The first kappa shape index (κ1) is 15.0. The Morgan fingerprint density at radius 1 is 1.38 bits per heavy atom. The Morgan fingerprint density at radius 2 is 2.19 bits per heavy atom. The van der Waals surface area contributed by atoms with E-state index in [9.17, 15) is 4.79 Å². The van der Waals surface area contributed by atoms with Crippen molar-refractivity contribution < 1.29 is 4.79 Å². The van der Waals surface area contributed by atoms with Crippen LogP contribution in [0.5, 0.6) is 0 Å². The molecule has 114 valence electrons. The van der Waals surface area contributed by atoms with Crippen LogP contribution in [-0.2, 0) is 4.79 Å². The van der Waals surface area contributed by atoms with Gasteiger partial charge in [-0.25, -0.2) is 0 Å². The summed E-state index contributed by atoms with van der Waals surface area (Å²) >= 11 is 3.48. The highest BCUT2D eigenvalue weighted by atomic mass is 79.9. The maximum atomic E-state index is 12.5. The minimum Gasteiger partial charge on any atom is -0.348 e. The molecule has 1 heterocycles. The first-order chi connectivity index (χ1) is 10.1. The summed E-state index contributed by atoms with van der Waals surface area (Å²) in [5, 5.41) is 6.69. The number of carbonyl (C=O) groups excluding carboxylic acids is 1. The van der Waals surface area contributed by atoms with E-state index in [0.29, 0.717) is 12.0 Å². The summed E-state index contributed by atoms with van der Waals surface area (Å²) in [7, 11) is 0. The van der Waals surface area contributed by atoms with Crippen molar-refractivity contribution in [1.82, 2.24) is 10.6 Å². The van der Waals surface area contributed by atoms with E-state index in [4.69, 9.17) is 0 Å². The fourth-order valence-electron chi connectivity index (χ4n) is 3.69. The first-order valence-corrected chi connectivity index (χ1v) is 8.74. The molecule has 1 aliphatic carbocycles. The summed E-state index contributed by atoms with van der Waals surface area (Å²) < 4.78 is 1.05. The number of fused-ring (bicyclic) bond motifs is 1. The zero-order valence-corrected chi connectivity index (χ0v) is 14.0. The summed E-state index contributed by atoms with van der Waals surface area (Å²) in [6.45, 7) is 2.04. The largest absolute Gasteiger partial charge is 0.348 e. The molecule has 1 saturated carbocycles. The van der Waals surface area contributed by atoms with Crippen LogP contribution in [0, 0.1) is 5.92 Å². The fourth-order valence-corrected chi connectivity index (χ4v) is 4.11. The topological polar surface area (TPSA) is 41.1 Å². The van der Waals surface area contributed by atoms with Gasteiger partial charge in [0.05, 0.1) is 12.1 Å². The Balaban J connectivity index is 1.59. The summed E-state index contributed by atoms with van der Waals surface area (Å²) in [6, 6.07) is 8.72.